The van der Waals surface area contributed by atoms with Gasteiger partial charge in [-0.3, -0.25) is 4.72 Å². The molecule has 0 spiro atoms. The van der Waals surface area contributed by atoms with E-state index >= 15 is 0 Å². The first-order valence-corrected chi connectivity index (χ1v) is 8.31. The molecule has 0 aromatic carbocycles. The predicted octanol–water partition coefficient (Wildman–Crippen LogP) is 3.47. The van der Waals surface area contributed by atoms with E-state index in [2.05, 4.69) is 41.6 Å². The van der Waals surface area contributed by atoms with Gasteiger partial charge in [-0.2, -0.15) is 0 Å². The molecule has 0 fully saturated rings. The van der Waals surface area contributed by atoms with Gasteiger partial charge in [0, 0.05) is 15.1 Å². The maximum Gasteiger partial charge on any atom is 0.273 e. The van der Waals surface area contributed by atoms with Gasteiger partial charge in [-0.1, -0.05) is 15.9 Å². The van der Waals surface area contributed by atoms with Crippen LogP contribution in [0.15, 0.2) is 42.9 Å². The molecule has 0 radical (unpaired) electrons. The number of anilines is 1. The number of nitrogens with one attached hydrogen (secondary N) is 1. The highest BCUT2D eigenvalue weighted by Gasteiger charge is 2.19. The Hall–Kier alpha value is -0.440. The van der Waals surface area contributed by atoms with Crippen molar-refractivity contribution in [2.75, 3.05) is 4.72 Å². The molecular formula is C9H6Br2N2O2S2. The van der Waals surface area contributed by atoms with E-state index in [4.69, 9.17) is 0 Å². The van der Waals surface area contributed by atoms with Gasteiger partial charge in [-0.05, 0) is 39.5 Å². The van der Waals surface area contributed by atoms with E-state index in [-0.39, 0.29) is 10.0 Å². The van der Waals surface area contributed by atoms with E-state index in [0.29, 0.717) is 4.47 Å². The van der Waals surface area contributed by atoms with E-state index in [1.165, 1.54) is 6.20 Å². The number of halogens is 2. The first-order valence-electron chi connectivity index (χ1n) is 4.36. The Morgan fingerprint density at radius 3 is 2.65 bits per heavy atom. The number of hydrogen-bond acceptors (Lipinski definition) is 4. The predicted molar refractivity (Wildman–Crippen MR) is 74.8 cm³/mol. The maximum atomic E-state index is 12.0. The van der Waals surface area contributed by atoms with Gasteiger partial charge in [0.1, 0.15) is 5.82 Å². The van der Waals surface area contributed by atoms with Gasteiger partial charge in [0.05, 0.1) is 0 Å². The maximum absolute atomic E-state index is 12.0. The lowest BCUT2D eigenvalue weighted by atomic mass is 10.5. The molecule has 0 aliphatic carbocycles. The summed E-state index contributed by atoms with van der Waals surface area (Å²) in [4.78, 5) is 3.93. The number of nitrogens with zero attached hydrogens (tertiary/aromatic N) is 1. The molecule has 0 bridgehead atoms. The van der Waals surface area contributed by atoms with Crippen LogP contribution >= 0.6 is 43.2 Å². The van der Waals surface area contributed by atoms with Gasteiger partial charge in [0.15, 0.2) is 4.21 Å². The molecule has 0 atom stereocenters. The highest BCUT2D eigenvalue weighted by molar-refractivity contribution is 9.10. The number of sulfonamides is 1. The number of aromatic nitrogens is 1. The van der Waals surface area contributed by atoms with E-state index < -0.39 is 10.0 Å². The lowest BCUT2D eigenvalue weighted by Gasteiger charge is -2.05. The molecule has 8 heteroatoms. The van der Waals surface area contributed by atoms with Gasteiger partial charge < -0.3 is 0 Å². The Morgan fingerprint density at radius 2 is 2.06 bits per heavy atom. The molecule has 2 heterocycles. The standard InChI is InChI=1S/C9H6Br2N2O2S2/c10-6-1-3-12-8(5-6)13-17(14,15)9-7(11)2-4-16-9/h1-5H,(H,12,13). The van der Waals surface area contributed by atoms with Crippen LogP contribution in [0.5, 0.6) is 0 Å². The summed E-state index contributed by atoms with van der Waals surface area (Å²) < 4.78 is 28.0. The molecule has 0 saturated heterocycles. The van der Waals surface area contributed by atoms with Crippen molar-refractivity contribution in [3.63, 3.8) is 0 Å². The van der Waals surface area contributed by atoms with Gasteiger partial charge in [0.25, 0.3) is 10.0 Å². The fraction of sp³-hybridized carbons (Fsp3) is 0. The van der Waals surface area contributed by atoms with Crippen LogP contribution in [0.25, 0.3) is 0 Å². The minimum atomic E-state index is -3.58. The molecule has 4 nitrogen and oxygen atoms in total. The van der Waals surface area contributed by atoms with Gasteiger partial charge >= 0.3 is 0 Å². The van der Waals surface area contributed by atoms with Crippen LogP contribution in [0.2, 0.25) is 0 Å². The summed E-state index contributed by atoms with van der Waals surface area (Å²) in [7, 11) is -3.58. The number of thiophene rings is 1. The third kappa shape index (κ3) is 3.06. The first-order chi connectivity index (χ1) is 7.99. The summed E-state index contributed by atoms with van der Waals surface area (Å²) in [6.45, 7) is 0. The third-order valence-electron chi connectivity index (χ3n) is 1.79. The van der Waals surface area contributed by atoms with Crippen molar-refractivity contribution in [3.8, 4) is 0 Å². The fourth-order valence-electron chi connectivity index (χ4n) is 1.12. The van der Waals surface area contributed by atoms with Crippen LogP contribution < -0.4 is 4.72 Å². The normalized spacial score (nSPS) is 11.4. The minimum Gasteiger partial charge on any atom is -0.263 e. The molecule has 0 aliphatic heterocycles. The average Bonchev–Trinajstić information content (AvgIpc) is 2.64. The van der Waals surface area contributed by atoms with Crippen LogP contribution in [0, 0.1) is 0 Å². The Labute approximate surface area is 119 Å². The molecule has 0 amide bonds. The summed E-state index contributed by atoms with van der Waals surface area (Å²) in [5, 5.41) is 1.70. The van der Waals surface area contributed by atoms with Gasteiger partial charge in [-0.25, -0.2) is 13.4 Å². The van der Waals surface area contributed by atoms with Crippen molar-refractivity contribution in [1.82, 2.24) is 4.98 Å². The highest BCUT2D eigenvalue weighted by Crippen LogP contribution is 2.29. The first kappa shape index (κ1) is 13.0. The summed E-state index contributed by atoms with van der Waals surface area (Å²) in [5.74, 6) is 0.277. The van der Waals surface area contributed by atoms with Crippen LogP contribution in [0.4, 0.5) is 5.82 Å². The Kier molecular flexibility index (Phi) is 3.86. The van der Waals surface area contributed by atoms with Crippen molar-refractivity contribution < 1.29 is 8.42 Å². The quantitative estimate of drug-likeness (QED) is 0.862. The topological polar surface area (TPSA) is 59.1 Å². The van der Waals surface area contributed by atoms with Crippen LogP contribution in [-0.4, -0.2) is 13.4 Å². The lowest BCUT2D eigenvalue weighted by Crippen LogP contribution is -2.12. The van der Waals surface area contributed by atoms with Crippen molar-refractivity contribution in [1.29, 1.82) is 0 Å². The van der Waals surface area contributed by atoms with Crippen molar-refractivity contribution in [3.05, 3.63) is 38.7 Å². The zero-order chi connectivity index (χ0) is 12.5. The number of hydrogen-bond donors (Lipinski definition) is 1. The Morgan fingerprint density at radius 1 is 1.29 bits per heavy atom. The van der Waals surface area contributed by atoms with Gasteiger partial charge in [0.2, 0.25) is 0 Å². The number of rotatable bonds is 3. The molecule has 0 unspecified atom stereocenters. The minimum absolute atomic E-state index is 0.235. The summed E-state index contributed by atoms with van der Waals surface area (Å²) in [5.41, 5.74) is 0. The summed E-state index contributed by atoms with van der Waals surface area (Å²) in [6, 6.07) is 5.01. The zero-order valence-corrected chi connectivity index (χ0v) is 13.0. The molecule has 17 heavy (non-hydrogen) atoms. The molecular weight excluding hydrogens is 392 g/mol. The zero-order valence-electron chi connectivity index (χ0n) is 8.22. The lowest BCUT2D eigenvalue weighted by molar-refractivity contribution is 0.602. The second kappa shape index (κ2) is 5.05. The SMILES string of the molecule is O=S(=O)(Nc1cc(Br)ccn1)c1sccc1Br. The van der Waals surface area contributed by atoms with E-state index in [1.54, 1.807) is 23.6 Å². The van der Waals surface area contributed by atoms with Crippen molar-refractivity contribution >= 4 is 59.0 Å². The smallest absolute Gasteiger partial charge is 0.263 e. The van der Waals surface area contributed by atoms with E-state index in [0.717, 1.165) is 15.8 Å². The molecule has 1 N–H and O–H groups in total. The highest BCUT2D eigenvalue weighted by atomic mass is 79.9. The number of pyridine rings is 1. The van der Waals surface area contributed by atoms with E-state index in [1.807, 2.05) is 0 Å². The van der Waals surface area contributed by atoms with Crippen molar-refractivity contribution in [2.45, 2.75) is 4.21 Å². The second-order valence-corrected chi connectivity index (χ2v) is 7.58. The van der Waals surface area contributed by atoms with Crippen LogP contribution in [0.1, 0.15) is 0 Å². The second-order valence-electron chi connectivity index (χ2n) is 3.02. The molecule has 2 aromatic heterocycles. The monoisotopic (exact) mass is 396 g/mol. The van der Waals surface area contributed by atoms with Crippen LogP contribution in [-0.2, 0) is 10.0 Å². The largest absolute Gasteiger partial charge is 0.273 e. The van der Waals surface area contributed by atoms with Crippen LogP contribution in [0.3, 0.4) is 0 Å². The molecule has 90 valence electrons. The fourth-order valence-corrected chi connectivity index (χ4v) is 4.79. The third-order valence-corrected chi connectivity index (χ3v) is 6.31. The van der Waals surface area contributed by atoms with E-state index in [9.17, 15) is 8.42 Å². The van der Waals surface area contributed by atoms with Gasteiger partial charge in [-0.15, -0.1) is 11.3 Å². The molecule has 2 rings (SSSR count). The molecule has 0 saturated carbocycles. The Bertz CT molecular complexity index is 640. The summed E-state index contributed by atoms with van der Waals surface area (Å²) in [6.07, 6.45) is 1.52. The summed E-state index contributed by atoms with van der Waals surface area (Å²) >= 11 is 7.59. The van der Waals surface area contributed by atoms with Crippen molar-refractivity contribution in [2.24, 2.45) is 0 Å². The molecule has 2 aromatic rings. The Balaban J connectivity index is 2.33. The molecule has 0 aliphatic rings. The average molecular weight is 398 g/mol.